The van der Waals surface area contributed by atoms with Gasteiger partial charge in [-0.25, -0.2) is 0 Å². The van der Waals surface area contributed by atoms with E-state index >= 15 is 0 Å². The molecule has 1 saturated heterocycles. The number of fused-ring (bicyclic) bond motifs is 1. The molecule has 0 aliphatic carbocycles. The first-order valence-corrected chi connectivity index (χ1v) is 8.13. The summed E-state index contributed by atoms with van der Waals surface area (Å²) >= 11 is 0. The van der Waals surface area contributed by atoms with Crippen LogP contribution in [0.4, 0.5) is 0 Å². The molecule has 8 heteroatoms. The minimum Gasteiger partial charge on any atom is -0.480 e. The Kier molecular flexibility index (Phi) is 4.21. The van der Waals surface area contributed by atoms with Crippen LogP contribution >= 0.6 is 0 Å². The van der Waals surface area contributed by atoms with Crippen LogP contribution in [0.1, 0.15) is 5.89 Å². The molecule has 8 nitrogen and oxygen atoms in total. The molecule has 1 fully saturated rings. The second-order valence-electron chi connectivity index (χ2n) is 5.97. The molecule has 4 rings (SSSR count). The van der Waals surface area contributed by atoms with Crippen molar-refractivity contribution < 1.29 is 19.1 Å². The number of carboxylic acids is 1. The molecule has 130 valence electrons. The standard InChI is InChI=1S/C17H18N4O4/c22-16(23)11-21-9-13(12-3-1-2-4-14(12)21)17-19-18-15(25-17)10-20-5-7-24-8-6-20/h1-4,9H,5-8,10-11H2,(H,22,23). The van der Waals surface area contributed by atoms with Crippen molar-refractivity contribution in [3.63, 3.8) is 0 Å². The third-order valence-electron chi connectivity index (χ3n) is 4.25. The fourth-order valence-electron chi connectivity index (χ4n) is 3.07. The summed E-state index contributed by atoms with van der Waals surface area (Å²) in [5.41, 5.74) is 1.57. The summed E-state index contributed by atoms with van der Waals surface area (Å²) in [4.78, 5) is 13.3. The zero-order valence-corrected chi connectivity index (χ0v) is 13.6. The maximum Gasteiger partial charge on any atom is 0.323 e. The van der Waals surface area contributed by atoms with Crippen molar-refractivity contribution >= 4 is 16.9 Å². The third-order valence-corrected chi connectivity index (χ3v) is 4.25. The molecule has 0 saturated carbocycles. The second-order valence-corrected chi connectivity index (χ2v) is 5.97. The minimum atomic E-state index is -0.897. The number of rotatable bonds is 5. The number of aromatic nitrogens is 3. The Balaban J connectivity index is 1.64. The predicted molar refractivity (Wildman–Crippen MR) is 89.0 cm³/mol. The number of para-hydroxylation sites is 1. The molecule has 3 heterocycles. The maximum absolute atomic E-state index is 11.1. The highest BCUT2D eigenvalue weighted by Gasteiger charge is 2.19. The molecule has 2 aromatic heterocycles. The van der Waals surface area contributed by atoms with Crippen LogP contribution in [0.5, 0.6) is 0 Å². The molecule has 25 heavy (non-hydrogen) atoms. The van der Waals surface area contributed by atoms with Gasteiger partial charge in [0.05, 0.1) is 25.3 Å². The number of nitrogens with zero attached hydrogens (tertiary/aromatic N) is 4. The molecule has 0 amide bonds. The molecule has 3 aromatic rings. The van der Waals surface area contributed by atoms with Crippen molar-refractivity contribution in [3.05, 3.63) is 36.4 Å². The zero-order chi connectivity index (χ0) is 17.2. The maximum atomic E-state index is 11.1. The first kappa shape index (κ1) is 15.8. The highest BCUT2D eigenvalue weighted by atomic mass is 16.5. The molecular formula is C17H18N4O4. The number of aliphatic carboxylic acids is 1. The lowest BCUT2D eigenvalue weighted by molar-refractivity contribution is -0.137. The van der Waals surface area contributed by atoms with Gasteiger partial charge in [0.2, 0.25) is 11.8 Å². The Labute approximate surface area is 143 Å². The summed E-state index contributed by atoms with van der Waals surface area (Å²) in [7, 11) is 0. The van der Waals surface area contributed by atoms with Crippen LogP contribution in [-0.2, 0) is 22.6 Å². The van der Waals surface area contributed by atoms with E-state index in [0.29, 0.717) is 31.5 Å². The van der Waals surface area contributed by atoms with Crippen LogP contribution in [0.3, 0.4) is 0 Å². The number of hydrogen-bond acceptors (Lipinski definition) is 6. The van der Waals surface area contributed by atoms with E-state index in [4.69, 9.17) is 14.3 Å². The molecule has 1 N–H and O–H groups in total. The van der Waals surface area contributed by atoms with Crippen LogP contribution in [0.15, 0.2) is 34.9 Å². The van der Waals surface area contributed by atoms with Gasteiger partial charge in [0, 0.05) is 30.2 Å². The average molecular weight is 342 g/mol. The molecule has 0 radical (unpaired) electrons. The van der Waals surface area contributed by atoms with Gasteiger partial charge >= 0.3 is 5.97 Å². The van der Waals surface area contributed by atoms with Gasteiger partial charge in [-0.1, -0.05) is 18.2 Å². The molecule has 0 atom stereocenters. The van der Waals surface area contributed by atoms with Gasteiger partial charge < -0.3 is 18.8 Å². The molecule has 0 bridgehead atoms. The summed E-state index contributed by atoms with van der Waals surface area (Å²) in [6.07, 6.45) is 1.75. The van der Waals surface area contributed by atoms with Crippen LogP contribution in [0.2, 0.25) is 0 Å². The van der Waals surface area contributed by atoms with E-state index in [1.165, 1.54) is 0 Å². The van der Waals surface area contributed by atoms with Crippen LogP contribution < -0.4 is 0 Å². The number of benzene rings is 1. The fourth-order valence-corrected chi connectivity index (χ4v) is 3.07. The molecule has 1 aromatic carbocycles. The molecule has 0 unspecified atom stereocenters. The smallest absolute Gasteiger partial charge is 0.323 e. The quantitative estimate of drug-likeness (QED) is 0.753. The van der Waals surface area contributed by atoms with Crippen LogP contribution in [0.25, 0.3) is 22.4 Å². The van der Waals surface area contributed by atoms with Crippen molar-refractivity contribution in [1.29, 1.82) is 0 Å². The lowest BCUT2D eigenvalue weighted by Gasteiger charge is -2.24. The Morgan fingerprint density at radius 1 is 1.20 bits per heavy atom. The Hall–Kier alpha value is -2.71. The van der Waals surface area contributed by atoms with Gasteiger partial charge in [0.25, 0.3) is 0 Å². The van der Waals surface area contributed by atoms with Crippen molar-refractivity contribution in [1.82, 2.24) is 19.7 Å². The molecule has 1 aliphatic rings. The van der Waals surface area contributed by atoms with E-state index < -0.39 is 5.97 Å². The van der Waals surface area contributed by atoms with E-state index in [1.54, 1.807) is 10.8 Å². The predicted octanol–water partition coefficient (Wildman–Crippen LogP) is 1.61. The second kappa shape index (κ2) is 6.66. The summed E-state index contributed by atoms with van der Waals surface area (Å²) in [6.45, 7) is 3.58. The van der Waals surface area contributed by atoms with Crippen LogP contribution in [-0.4, -0.2) is 57.0 Å². The van der Waals surface area contributed by atoms with E-state index in [0.717, 1.165) is 29.6 Å². The summed E-state index contributed by atoms with van der Waals surface area (Å²) in [6, 6.07) is 7.59. The Morgan fingerprint density at radius 3 is 2.80 bits per heavy atom. The molecule has 1 aliphatic heterocycles. The first-order valence-electron chi connectivity index (χ1n) is 8.13. The van der Waals surface area contributed by atoms with E-state index in [2.05, 4.69) is 15.1 Å². The van der Waals surface area contributed by atoms with Gasteiger partial charge in [0.15, 0.2) is 0 Å². The lowest BCUT2D eigenvalue weighted by Crippen LogP contribution is -2.35. The van der Waals surface area contributed by atoms with Gasteiger partial charge in [-0.3, -0.25) is 9.69 Å². The average Bonchev–Trinajstić information content (AvgIpc) is 3.21. The Bertz CT molecular complexity index is 895. The fraction of sp³-hybridized carbons (Fsp3) is 0.353. The molecule has 0 spiro atoms. The summed E-state index contributed by atoms with van der Waals surface area (Å²) in [5.74, 6) is 0.0569. The number of carbonyl (C=O) groups is 1. The SMILES string of the molecule is O=C(O)Cn1cc(-c2nnc(CN3CCOCC3)o2)c2ccccc21. The lowest BCUT2D eigenvalue weighted by atomic mass is 10.2. The van der Waals surface area contributed by atoms with Crippen molar-refractivity contribution in [2.45, 2.75) is 13.1 Å². The number of carboxylic acid groups (broad SMARTS) is 1. The number of hydrogen-bond donors (Lipinski definition) is 1. The molecular weight excluding hydrogens is 324 g/mol. The summed E-state index contributed by atoms with van der Waals surface area (Å²) < 4.78 is 12.8. The van der Waals surface area contributed by atoms with E-state index in [-0.39, 0.29) is 6.54 Å². The first-order chi connectivity index (χ1) is 12.2. The van der Waals surface area contributed by atoms with Gasteiger partial charge in [0.1, 0.15) is 6.54 Å². The normalized spacial score (nSPS) is 15.7. The van der Waals surface area contributed by atoms with Gasteiger partial charge in [-0.15, -0.1) is 10.2 Å². The highest BCUT2D eigenvalue weighted by molar-refractivity contribution is 5.94. The van der Waals surface area contributed by atoms with E-state index in [9.17, 15) is 4.79 Å². The van der Waals surface area contributed by atoms with Crippen molar-refractivity contribution in [2.24, 2.45) is 0 Å². The zero-order valence-electron chi connectivity index (χ0n) is 13.6. The van der Waals surface area contributed by atoms with Gasteiger partial charge in [-0.05, 0) is 6.07 Å². The van der Waals surface area contributed by atoms with Gasteiger partial charge in [-0.2, -0.15) is 0 Å². The summed E-state index contributed by atoms with van der Waals surface area (Å²) in [5, 5.41) is 18.3. The monoisotopic (exact) mass is 342 g/mol. The van der Waals surface area contributed by atoms with Crippen molar-refractivity contribution in [3.8, 4) is 11.5 Å². The third kappa shape index (κ3) is 3.26. The highest BCUT2D eigenvalue weighted by Crippen LogP contribution is 2.30. The number of ether oxygens (including phenoxy) is 1. The van der Waals surface area contributed by atoms with E-state index in [1.807, 2.05) is 24.3 Å². The van der Waals surface area contributed by atoms with Crippen LogP contribution in [0, 0.1) is 0 Å². The largest absolute Gasteiger partial charge is 0.480 e. The van der Waals surface area contributed by atoms with Crippen molar-refractivity contribution in [2.75, 3.05) is 26.3 Å². The minimum absolute atomic E-state index is 0.116. The number of morpholine rings is 1. The topological polar surface area (TPSA) is 93.6 Å². The Morgan fingerprint density at radius 2 is 2.00 bits per heavy atom.